The molecule has 0 spiro atoms. The molecule has 0 saturated carbocycles. The maximum absolute atomic E-state index is 10.7. The Kier molecular flexibility index (Phi) is 4.91. The third kappa shape index (κ3) is 3.33. The first kappa shape index (κ1) is 14.2. The molecule has 6 nitrogen and oxygen atoms in total. The Morgan fingerprint density at radius 2 is 2.17 bits per heavy atom. The molecule has 0 aliphatic carbocycles. The van der Waals surface area contributed by atoms with Crippen LogP contribution in [0.25, 0.3) is 0 Å². The van der Waals surface area contributed by atoms with E-state index in [1.807, 2.05) is 13.8 Å². The number of benzene rings is 1. The lowest BCUT2D eigenvalue weighted by molar-refractivity contribution is -0.385. The molecule has 6 heteroatoms. The van der Waals surface area contributed by atoms with Crippen LogP contribution in [0.3, 0.4) is 0 Å². The van der Waals surface area contributed by atoms with E-state index < -0.39 is 4.92 Å². The topological polar surface area (TPSA) is 84.6 Å². The van der Waals surface area contributed by atoms with Crippen molar-refractivity contribution in [1.82, 2.24) is 0 Å². The van der Waals surface area contributed by atoms with Gasteiger partial charge in [-0.3, -0.25) is 10.1 Å². The lowest BCUT2D eigenvalue weighted by atomic mass is 10.0. The minimum Gasteiger partial charge on any atom is -0.490 e. The van der Waals surface area contributed by atoms with Crippen LogP contribution in [0.2, 0.25) is 0 Å². The van der Waals surface area contributed by atoms with E-state index >= 15 is 0 Å². The second kappa shape index (κ2) is 6.20. The summed E-state index contributed by atoms with van der Waals surface area (Å²) in [7, 11) is 1.39. The Labute approximate surface area is 106 Å². The van der Waals surface area contributed by atoms with Crippen molar-refractivity contribution in [3.8, 4) is 5.75 Å². The SMILES string of the molecule is COc1cc(NC(C)C(C)CO)ccc1[N+](=O)[O-]. The molecule has 0 saturated heterocycles. The first-order valence-corrected chi connectivity index (χ1v) is 5.69. The molecule has 0 aromatic heterocycles. The van der Waals surface area contributed by atoms with E-state index in [2.05, 4.69) is 5.32 Å². The van der Waals surface area contributed by atoms with Gasteiger partial charge in [-0.2, -0.15) is 0 Å². The van der Waals surface area contributed by atoms with E-state index in [0.29, 0.717) is 0 Å². The summed E-state index contributed by atoms with van der Waals surface area (Å²) in [6.45, 7) is 3.94. The molecule has 100 valence electrons. The van der Waals surface area contributed by atoms with Gasteiger partial charge in [-0.15, -0.1) is 0 Å². The second-order valence-electron chi connectivity index (χ2n) is 4.24. The molecule has 1 aromatic carbocycles. The van der Waals surface area contributed by atoms with Gasteiger partial charge in [0, 0.05) is 30.5 Å². The van der Waals surface area contributed by atoms with Crippen LogP contribution < -0.4 is 10.1 Å². The number of ether oxygens (including phenoxy) is 1. The molecule has 1 aromatic rings. The van der Waals surface area contributed by atoms with Crippen LogP contribution in [0.4, 0.5) is 11.4 Å². The highest BCUT2D eigenvalue weighted by atomic mass is 16.6. The van der Waals surface area contributed by atoms with Crippen LogP contribution in [0.5, 0.6) is 5.75 Å². The maximum Gasteiger partial charge on any atom is 0.311 e. The lowest BCUT2D eigenvalue weighted by Gasteiger charge is -2.20. The molecule has 0 bridgehead atoms. The van der Waals surface area contributed by atoms with Crippen molar-refractivity contribution < 1.29 is 14.8 Å². The van der Waals surface area contributed by atoms with Gasteiger partial charge in [0.05, 0.1) is 12.0 Å². The Hall–Kier alpha value is -1.82. The summed E-state index contributed by atoms with van der Waals surface area (Å²) in [5.74, 6) is 0.306. The van der Waals surface area contributed by atoms with E-state index in [9.17, 15) is 10.1 Å². The van der Waals surface area contributed by atoms with Crippen LogP contribution >= 0.6 is 0 Å². The Bertz CT molecular complexity index is 423. The molecule has 2 atom stereocenters. The van der Waals surface area contributed by atoms with E-state index in [1.165, 1.54) is 13.2 Å². The van der Waals surface area contributed by atoms with Crippen molar-refractivity contribution in [3.63, 3.8) is 0 Å². The number of methoxy groups -OCH3 is 1. The molecule has 0 radical (unpaired) electrons. The summed E-state index contributed by atoms with van der Waals surface area (Å²) in [5, 5.41) is 23.0. The Morgan fingerprint density at radius 1 is 1.50 bits per heavy atom. The van der Waals surface area contributed by atoms with E-state index in [0.717, 1.165) is 5.69 Å². The maximum atomic E-state index is 10.7. The third-order valence-corrected chi connectivity index (χ3v) is 2.91. The van der Waals surface area contributed by atoms with Gasteiger partial charge < -0.3 is 15.2 Å². The number of nitro groups is 1. The first-order valence-electron chi connectivity index (χ1n) is 5.69. The Balaban J connectivity index is 2.89. The number of nitro benzene ring substituents is 1. The monoisotopic (exact) mass is 254 g/mol. The molecule has 0 aliphatic rings. The summed E-state index contributed by atoms with van der Waals surface area (Å²) in [6, 6.07) is 4.67. The van der Waals surface area contributed by atoms with Crippen LogP contribution in [0, 0.1) is 16.0 Å². The normalized spacial score (nSPS) is 13.8. The van der Waals surface area contributed by atoms with Crippen molar-refractivity contribution in [2.45, 2.75) is 19.9 Å². The van der Waals surface area contributed by atoms with Crippen molar-refractivity contribution in [2.75, 3.05) is 19.0 Å². The van der Waals surface area contributed by atoms with Gasteiger partial charge in [0.15, 0.2) is 5.75 Å². The Morgan fingerprint density at radius 3 is 2.67 bits per heavy atom. The van der Waals surface area contributed by atoms with Crippen molar-refractivity contribution >= 4 is 11.4 Å². The van der Waals surface area contributed by atoms with Crippen molar-refractivity contribution in [1.29, 1.82) is 0 Å². The zero-order valence-corrected chi connectivity index (χ0v) is 10.7. The van der Waals surface area contributed by atoms with Crippen molar-refractivity contribution in [2.24, 2.45) is 5.92 Å². The number of anilines is 1. The minimum absolute atomic E-state index is 0.0566. The molecule has 0 heterocycles. The molecule has 0 aliphatic heterocycles. The van der Waals surface area contributed by atoms with Gasteiger partial charge in [0.2, 0.25) is 0 Å². The minimum atomic E-state index is -0.484. The fraction of sp³-hybridized carbons (Fsp3) is 0.500. The van der Waals surface area contributed by atoms with Gasteiger partial charge in [0.25, 0.3) is 0 Å². The molecular formula is C12H18N2O4. The molecule has 0 fully saturated rings. The summed E-state index contributed by atoms with van der Waals surface area (Å²) in [5.41, 5.74) is 0.663. The summed E-state index contributed by atoms with van der Waals surface area (Å²) in [6.07, 6.45) is 0. The highest BCUT2D eigenvalue weighted by molar-refractivity contribution is 5.58. The molecular weight excluding hydrogens is 236 g/mol. The zero-order valence-electron chi connectivity index (χ0n) is 10.7. The number of nitrogens with zero attached hydrogens (tertiary/aromatic N) is 1. The standard InChI is InChI=1S/C12H18N2O4/c1-8(7-15)9(2)13-10-4-5-11(14(16)17)12(6-10)18-3/h4-6,8-9,13,15H,7H2,1-3H3. The average molecular weight is 254 g/mol. The fourth-order valence-corrected chi connectivity index (χ4v) is 1.48. The fourth-order valence-electron chi connectivity index (χ4n) is 1.48. The highest BCUT2D eigenvalue weighted by Gasteiger charge is 2.16. The average Bonchev–Trinajstić information content (AvgIpc) is 2.37. The van der Waals surface area contributed by atoms with Gasteiger partial charge in [0.1, 0.15) is 0 Å². The molecule has 18 heavy (non-hydrogen) atoms. The molecule has 2 unspecified atom stereocenters. The second-order valence-corrected chi connectivity index (χ2v) is 4.24. The van der Waals surface area contributed by atoms with Gasteiger partial charge >= 0.3 is 5.69 Å². The lowest BCUT2D eigenvalue weighted by Crippen LogP contribution is -2.26. The quantitative estimate of drug-likeness (QED) is 0.599. The number of hydrogen-bond donors (Lipinski definition) is 2. The van der Waals surface area contributed by atoms with Gasteiger partial charge in [-0.25, -0.2) is 0 Å². The zero-order chi connectivity index (χ0) is 13.7. The van der Waals surface area contributed by atoms with Crippen LogP contribution in [-0.2, 0) is 0 Å². The van der Waals surface area contributed by atoms with Crippen LogP contribution in [0.15, 0.2) is 18.2 Å². The van der Waals surface area contributed by atoms with Gasteiger partial charge in [-0.05, 0) is 18.9 Å². The number of aliphatic hydroxyl groups excluding tert-OH is 1. The smallest absolute Gasteiger partial charge is 0.311 e. The summed E-state index contributed by atoms with van der Waals surface area (Å²) in [4.78, 5) is 10.3. The number of hydrogen-bond acceptors (Lipinski definition) is 5. The highest BCUT2D eigenvalue weighted by Crippen LogP contribution is 2.30. The third-order valence-electron chi connectivity index (χ3n) is 2.91. The number of nitrogens with one attached hydrogen (secondary N) is 1. The van der Waals surface area contributed by atoms with E-state index in [1.54, 1.807) is 12.1 Å². The van der Waals surface area contributed by atoms with E-state index in [4.69, 9.17) is 9.84 Å². The van der Waals surface area contributed by atoms with Crippen LogP contribution in [-0.4, -0.2) is 29.8 Å². The first-order chi connectivity index (χ1) is 8.49. The molecule has 2 N–H and O–H groups in total. The molecule has 1 rings (SSSR count). The van der Waals surface area contributed by atoms with Crippen LogP contribution in [0.1, 0.15) is 13.8 Å². The van der Waals surface area contributed by atoms with Gasteiger partial charge in [-0.1, -0.05) is 6.92 Å². The predicted molar refractivity (Wildman–Crippen MR) is 69.0 cm³/mol. The predicted octanol–water partition coefficient (Wildman–Crippen LogP) is 2.03. The summed E-state index contributed by atoms with van der Waals surface area (Å²) < 4.78 is 4.98. The molecule has 0 amide bonds. The summed E-state index contributed by atoms with van der Waals surface area (Å²) >= 11 is 0. The van der Waals surface area contributed by atoms with E-state index in [-0.39, 0.29) is 30.0 Å². The largest absolute Gasteiger partial charge is 0.490 e. The number of aliphatic hydroxyl groups is 1. The number of rotatable bonds is 6. The van der Waals surface area contributed by atoms with Crippen molar-refractivity contribution in [3.05, 3.63) is 28.3 Å².